The molecule has 2 N–H and O–H groups in total. The lowest BCUT2D eigenvalue weighted by molar-refractivity contribution is -0.126. The zero-order valence-electron chi connectivity index (χ0n) is 12.9. The Hall–Kier alpha value is -2.11. The van der Waals surface area contributed by atoms with Crippen LogP contribution < -0.4 is 10.6 Å². The first-order chi connectivity index (χ1) is 10.5. The van der Waals surface area contributed by atoms with Crippen molar-refractivity contribution in [3.05, 3.63) is 30.1 Å². The van der Waals surface area contributed by atoms with E-state index < -0.39 is 0 Å². The second-order valence-corrected chi connectivity index (χ2v) is 5.89. The largest absolute Gasteiger partial charge is 0.354 e. The van der Waals surface area contributed by atoms with Crippen LogP contribution in [0.3, 0.4) is 0 Å². The molecule has 6 heteroatoms. The number of carbonyl (C=O) groups excluding carboxylic acids is 2. The molecule has 0 unspecified atom stereocenters. The van der Waals surface area contributed by atoms with Gasteiger partial charge in [0.05, 0.1) is 5.92 Å². The van der Waals surface area contributed by atoms with Crippen LogP contribution in [-0.4, -0.2) is 36.0 Å². The number of carbonyl (C=O) groups is 2. The van der Waals surface area contributed by atoms with Crippen molar-refractivity contribution in [2.75, 3.05) is 18.4 Å². The number of amides is 3. The Morgan fingerprint density at radius 2 is 1.95 bits per heavy atom. The van der Waals surface area contributed by atoms with Gasteiger partial charge < -0.3 is 15.5 Å². The van der Waals surface area contributed by atoms with Gasteiger partial charge >= 0.3 is 6.03 Å². The molecule has 0 spiro atoms. The first-order valence-electron chi connectivity index (χ1n) is 7.57. The van der Waals surface area contributed by atoms with Crippen LogP contribution in [0.2, 0.25) is 0 Å². The predicted octanol–water partition coefficient (Wildman–Crippen LogP) is 2.59. The lowest BCUT2D eigenvalue weighted by Crippen LogP contribution is -2.47. The number of nitrogens with one attached hydrogen (secondary N) is 2. The minimum atomic E-state index is -0.346. The number of rotatable bonds is 3. The van der Waals surface area contributed by atoms with Crippen molar-refractivity contribution in [1.29, 1.82) is 0 Å². The average Bonchev–Trinajstić information content (AvgIpc) is 2.49. The second kappa shape index (κ2) is 7.24. The molecular weight excluding hydrogens is 285 g/mol. The summed E-state index contributed by atoms with van der Waals surface area (Å²) in [6.45, 7) is 4.86. The molecule has 1 aromatic carbocycles. The fourth-order valence-corrected chi connectivity index (χ4v) is 2.51. The van der Waals surface area contributed by atoms with E-state index >= 15 is 0 Å². The molecule has 0 saturated carbocycles. The van der Waals surface area contributed by atoms with Crippen LogP contribution in [0.4, 0.5) is 14.9 Å². The van der Waals surface area contributed by atoms with Crippen LogP contribution in [-0.2, 0) is 4.79 Å². The van der Waals surface area contributed by atoms with E-state index in [0.717, 1.165) is 12.8 Å². The molecule has 0 aliphatic carbocycles. The summed E-state index contributed by atoms with van der Waals surface area (Å²) in [4.78, 5) is 25.9. The van der Waals surface area contributed by atoms with E-state index in [9.17, 15) is 14.0 Å². The summed E-state index contributed by atoms with van der Waals surface area (Å²) in [6, 6.07) is 5.46. The second-order valence-electron chi connectivity index (χ2n) is 5.89. The molecule has 0 bridgehead atoms. The Balaban J connectivity index is 1.92. The highest BCUT2D eigenvalue weighted by Gasteiger charge is 2.28. The minimum Gasteiger partial charge on any atom is -0.354 e. The quantitative estimate of drug-likeness (QED) is 0.901. The van der Waals surface area contributed by atoms with E-state index in [0.29, 0.717) is 18.8 Å². The number of hydrogen-bond acceptors (Lipinski definition) is 2. The third-order valence-corrected chi connectivity index (χ3v) is 3.61. The van der Waals surface area contributed by atoms with E-state index in [1.807, 2.05) is 13.8 Å². The van der Waals surface area contributed by atoms with Crippen LogP contribution >= 0.6 is 0 Å². The number of nitrogens with zero attached hydrogens (tertiary/aromatic N) is 1. The van der Waals surface area contributed by atoms with Gasteiger partial charge in [-0.05, 0) is 51.0 Å². The Labute approximate surface area is 129 Å². The maximum absolute atomic E-state index is 12.9. The third-order valence-electron chi connectivity index (χ3n) is 3.61. The van der Waals surface area contributed by atoms with Gasteiger partial charge in [0.1, 0.15) is 5.82 Å². The molecule has 1 fully saturated rings. The molecule has 0 aromatic heterocycles. The number of urea groups is 1. The van der Waals surface area contributed by atoms with Gasteiger partial charge in [-0.2, -0.15) is 0 Å². The molecule has 0 radical (unpaired) electrons. The fraction of sp³-hybridized carbons (Fsp3) is 0.500. The van der Waals surface area contributed by atoms with E-state index in [2.05, 4.69) is 10.6 Å². The predicted molar refractivity (Wildman–Crippen MR) is 83.0 cm³/mol. The van der Waals surface area contributed by atoms with Crippen LogP contribution in [0.25, 0.3) is 0 Å². The number of halogens is 1. The third kappa shape index (κ3) is 4.44. The Bertz CT molecular complexity index is 531. The maximum Gasteiger partial charge on any atom is 0.321 e. The van der Waals surface area contributed by atoms with E-state index in [-0.39, 0.29) is 29.7 Å². The first kappa shape index (κ1) is 16.3. The highest BCUT2D eigenvalue weighted by molar-refractivity contribution is 5.90. The Morgan fingerprint density at radius 1 is 1.27 bits per heavy atom. The van der Waals surface area contributed by atoms with Crippen LogP contribution in [0.1, 0.15) is 26.7 Å². The number of likely N-dealkylation sites (tertiary alicyclic amines) is 1. The fourth-order valence-electron chi connectivity index (χ4n) is 2.51. The molecule has 22 heavy (non-hydrogen) atoms. The van der Waals surface area contributed by atoms with E-state index in [4.69, 9.17) is 0 Å². The van der Waals surface area contributed by atoms with Gasteiger partial charge in [-0.25, -0.2) is 9.18 Å². The molecule has 5 nitrogen and oxygen atoms in total. The highest BCUT2D eigenvalue weighted by atomic mass is 19.1. The molecule has 3 amide bonds. The summed E-state index contributed by atoms with van der Waals surface area (Å²) < 4.78 is 12.9. The summed E-state index contributed by atoms with van der Waals surface area (Å²) >= 11 is 0. The number of piperidine rings is 1. The van der Waals surface area contributed by atoms with Crippen molar-refractivity contribution in [2.45, 2.75) is 32.7 Å². The van der Waals surface area contributed by atoms with Gasteiger partial charge in [-0.1, -0.05) is 0 Å². The smallest absolute Gasteiger partial charge is 0.321 e. The number of anilines is 1. The van der Waals surface area contributed by atoms with Gasteiger partial charge in [0, 0.05) is 24.8 Å². The van der Waals surface area contributed by atoms with E-state index in [1.54, 1.807) is 4.90 Å². The average molecular weight is 307 g/mol. The minimum absolute atomic E-state index is 0.00529. The summed E-state index contributed by atoms with van der Waals surface area (Å²) in [5.41, 5.74) is 0.542. The summed E-state index contributed by atoms with van der Waals surface area (Å²) in [5.74, 6) is -0.522. The Kier molecular flexibility index (Phi) is 5.35. The van der Waals surface area contributed by atoms with Gasteiger partial charge in [-0.3, -0.25) is 4.79 Å². The van der Waals surface area contributed by atoms with Crippen LogP contribution in [0.5, 0.6) is 0 Å². The SMILES string of the molecule is CC(C)NC(=O)[C@@H]1CCCN(C(=O)Nc2ccc(F)cc2)C1. The van der Waals surface area contributed by atoms with Gasteiger partial charge in [0.2, 0.25) is 5.91 Å². The normalized spacial score (nSPS) is 18.2. The molecule has 1 atom stereocenters. The molecule has 1 aliphatic rings. The monoisotopic (exact) mass is 307 g/mol. The van der Waals surface area contributed by atoms with Crippen molar-refractivity contribution < 1.29 is 14.0 Å². The molecule has 2 rings (SSSR count). The molecule has 1 heterocycles. The van der Waals surface area contributed by atoms with Gasteiger partial charge in [-0.15, -0.1) is 0 Å². The lowest BCUT2D eigenvalue weighted by Gasteiger charge is -2.32. The number of benzene rings is 1. The van der Waals surface area contributed by atoms with Crippen molar-refractivity contribution in [1.82, 2.24) is 10.2 Å². The standard InChI is InChI=1S/C16H22FN3O2/c1-11(2)18-15(21)12-4-3-9-20(10-12)16(22)19-14-7-5-13(17)6-8-14/h5-8,11-12H,3-4,9-10H2,1-2H3,(H,18,21)(H,19,22)/t12-/m1/s1. The first-order valence-corrected chi connectivity index (χ1v) is 7.57. The van der Waals surface area contributed by atoms with Crippen molar-refractivity contribution in [2.24, 2.45) is 5.92 Å². The van der Waals surface area contributed by atoms with Crippen molar-refractivity contribution in [3.63, 3.8) is 0 Å². The molecule has 1 aliphatic heterocycles. The van der Waals surface area contributed by atoms with Gasteiger partial charge in [0.15, 0.2) is 0 Å². The van der Waals surface area contributed by atoms with Crippen molar-refractivity contribution >= 4 is 17.6 Å². The van der Waals surface area contributed by atoms with Gasteiger partial charge in [0.25, 0.3) is 0 Å². The highest BCUT2D eigenvalue weighted by Crippen LogP contribution is 2.18. The zero-order valence-corrected chi connectivity index (χ0v) is 12.9. The summed E-state index contributed by atoms with van der Waals surface area (Å²) in [7, 11) is 0. The zero-order chi connectivity index (χ0) is 16.1. The molecule has 1 aromatic rings. The van der Waals surface area contributed by atoms with Crippen LogP contribution in [0.15, 0.2) is 24.3 Å². The van der Waals surface area contributed by atoms with E-state index in [1.165, 1.54) is 24.3 Å². The molecule has 120 valence electrons. The Morgan fingerprint density at radius 3 is 2.59 bits per heavy atom. The lowest BCUT2D eigenvalue weighted by atomic mass is 9.97. The van der Waals surface area contributed by atoms with Crippen LogP contribution in [0, 0.1) is 11.7 Å². The summed E-state index contributed by atoms with van der Waals surface area (Å²) in [5, 5.41) is 5.62. The molecular formula is C16H22FN3O2. The topological polar surface area (TPSA) is 61.4 Å². The maximum atomic E-state index is 12.9. The summed E-state index contributed by atoms with van der Waals surface area (Å²) in [6.07, 6.45) is 1.59. The van der Waals surface area contributed by atoms with Crippen molar-refractivity contribution in [3.8, 4) is 0 Å². The number of hydrogen-bond donors (Lipinski definition) is 2. The molecule has 1 saturated heterocycles.